The maximum absolute atomic E-state index is 6.21. The van der Waals surface area contributed by atoms with Gasteiger partial charge in [-0.1, -0.05) is 106 Å². The molecule has 0 heterocycles. The molecule has 0 fully saturated rings. The molecular formula is C30H47Cl5N4S2. The van der Waals surface area contributed by atoms with Crippen molar-refractivity contribution in [3.63, 3.8) is 0 Å². The first-order valence-corrected chi connectivity index (χ1v) is 18.5. The van der Waals surface area contributed by atoms with Gasteiger partial charge in [-0.05, 0) is 76.1 Å². The second-order valence-corrected chi connectivity index (χ2v) is 14.1. The molecule has 0 unspecified atom stereocenters. The molecule has 0 aliphatic rings. The smallest absolute Gasteiger partial charge is 0.0465 e. The molecule has 0 atom stereocenters. The third-order valence-electron chi connectivity index (χ3n) is 6.45. The topological polar surface area (TPSA) is 48.1 Å². The predicted molar refractivity (Wildman–Crippen MR) is 191 cm³/mol. The van der Waals surface area contributed by atoms with Crippen LogP contribution in [0.2, 0.25) is 20.1 Å². The maximum atomic E-state index is 6.21. The fraction of sp³-hybridized carbons (Fsp3) is 0.600. The minimum atomic E-state index is 0. The molecule has 0 aromatic heterocycles. The SMILES string of the molecule is Cl.Clc1cccc(Cl)c1CNCCCCCCNCCSSCCNCCCCCCNCc1c(Cl)cccc1Cl. The molecule has 4 nitrogen and oxygen atoms in total. The van der Waals surface area contributed by atoms with Crippen molar-refractivity contribution in [1.82, 2.24) is 21.3 Å². The zero-order chi connectivity index (χ0) is 28.7. The number of benzene rings is 2. The first-order valence-electron chi connectivity index (χ1n) is 14.5. The molecule has 4 N–H and O–H groups in total. The number of hydrogen-bond acceptors (Lipinski definition) is 6. The van der Waals surface area contributed by atoms with Crippen LogP contribution >= 0.6 is 80.4 Å². The van der Waals surface area contributed by atoms with Crippen molar-refractivity contribution >= 4 is 80.4 Å². The van der Waals surface area contributed by atoms with Gasteiger partial charge in [0.1, 0.15) is 0 Å². The molecule has 0 amide bonds. The predicted octanol–water partition coefficient (Wildman–Crippen LogP) is 9.28. The Morgan fingerprint density at radius 2 is 0.756 bits per heavy atom. The Labute approximate surface area is 282 Å². The second-order valence-electron chi connectivity index (χ2n) is 9.73. The lowest BCUT2D eigenvalue weighted by Crippen LogP contribution is -2.19. The number of halogens is 5. The van der Waals surface area contributed by atoms with E-state index in [-0.39, 0.29) is 12.4 Å². The first kappa shape index (κ1) is 39.5. The highest BCUT2D eigenvalue weighted by molar-refractivity contribution is 8.76. The zero-order valence-corrected chi connectivity index (χ0v) is 29.4. The Kier molecular flexibility index (Phi) is 25.8. The number of unbranched alkanes of at least 4 members (excludes halogenated alkanes) is 6. The summed E-state index contributed by atoms with van der Waals surface area (Å²) in [5.74, 6) is 2.33. The van der Waals surface area contributed by atoms with Crippen LogP contribution in [0.15, 0.2) is 36.4 Å². The quantitative estimate of drug-likeness (QED) is 0.0611. The van der Waals surface area contributed by atoms with E-state index in [4.69, 9.17) is 46.4 Å². The van der Waals surface area contributed by atoms with Crippen molar-refractivity contribution in [2.24, 2.45) is 0 Å². The molecule has 0 aliphatic heterocycles. The summed E-state index contributed by atoms with van der Waals surface area (Å²) in [5.41, 5.74) is 1.98. The van der Waals surface area contributed by atoms with E-state index in [2.05, 4.69) is 21.3 Å². The minimum Gasteiger partial charge on any atom is -0.316 e. The molecule has 0 saturated carbocycles. The molecule has 41 heavy (non-hydrogen) atoms. The summed E-state index contributed by atoms with van der Waals surface area (Å²) in [5, 5.41) is 17.0. The number of nitrogens with one attached hydrogen (secondary N) is 4. The Morgan fingerprint density at radius 1 is 0.439 bits per heavy atom. The molecule has 234 valence electrons. The standard InChI is InChI=1S/C30H46Cl4N4S2.ClH/c31-27-11-9-12-28(32)25(27)23-37-17-7-3-1-5-15-35-19-21-39-40-22-20-36-16-6-2-4-8-18-38-24-26-29(33)13-10-14-30(26)34;/h9-14,35-38H,1-8,15-24H2;1H. The first-order chi connectivity index (χ1) is 19.6. The summed E-state index contributed by atoms with van der Waals surface area (Å²) in [6, 6.07) is 11.3. The Bertz CT molecular complexity index is 812. The monoisotopic (exact) mass is 702 g/mol. The van der Waals surface area contributed by atoms with E-state index in [0.29, 0.717) is 0 Å². The van der Waals surface area contributed by atoms with Gasteiger partial charge in [-0.25, -0.2) is 0 Å². The third-order valence-corrected chi connectivity index (χ3v) is 10.3. The van der Waals surface area contributed by atoms with Gasteiger partial charge in [-0.15, -0.1) is 12.4 Å². The van der Waals surface area contributed by atoms with Crippen LogP contribution in [0, 0.1) is 0 Å². The van der Waals surface area contributed by atoms with Crippen LogP contribution in [0.1, 0.15) is 62.5 Å². The van der Waals surface area contributed by atoms with Gasteiger partial charge in [0.25, 0.3) is 0 Å². The largest absolute Gasteiger partial charge is 0.316 e. The molecule has 2 aromatic rings. The van der Waals surface area contributed by atoms with Crippen molar-refractivity contribution < 1.29 is 0 Å². The summed E-state index contributed by atoms with van der Waals surface area (Å²) < 4.78 is 0. The lowest BCUT2D eigenvalue weighted by molar-refractivity contribution is 0.569. The lowest BCUT2D eigenvalue weighted by atomic mass is 10.2. The summed E-state index contributed by atoms with van der Waals surface area (Å²) in [4.78, 5) is 0. The maximum Gasteiger partial charge on any atom is 0.0465 e. The highest BCUT2D eigenvalue weighted by Crippen LogP contribution is 2.25. The van der Waals surface area contributed by atoms with Gasteiger partial charge in [0.05, 0.1) is 0 Å². The Hall–Kier alpha value is 0.430. The van der Waals surface area contributed by atoms with E-state index < -0.39 is 0 Å². The van der Waals surface area contributed by atoms with Gasteiger partial charge < -0.3 is 21.3 Å². The van der Waals surface area contributed by atoms with Crippen molar-refractivity contribution in [3.05, 3.63) is 67.6 Å². The molecule has 0 saturated heterocycles. The van der Waals surface area contributed by atoms with Crippen LogP contribution in [0.25, 0.3) is 0 Å². The number of hydrogen-bond donors (Lipinski definition) is 4. The summed E-state index contributed by atoms with van der Waals surface area (Å²) in [6.45, 7) is 7.86. The molecule has 11 heteroatoms. The van der Waals surface area contributed by atoms with Crippen LogP contribution in [0.5, 0.6) is 0 Å². The fourth-order valence-corrected chi connectivity index (χ4v) is 7.09. The van der Waals surface area contributed by atoms with Crippen molar-refractivity contribution in [1.29, 1.82) is 0 Å². The van der Waals surface area contributed by atoms with Crippen molar-refractivity contribution in [2.75, 3.05) is 50.8 Å². The van der Waals surface area contributed by atoms with Gasteiger partial charge >= 0.3 is 0 Å². The molecule has 0 radical (unpaired) electrons. The van der Waals surface area contributed by atoms with E-state index in [0.717, 1.165) is 95.1 Å². The van der Waals surface area contributed by atoms with E-state index in [9.17, 15) is 0 Å². The van der Waals surface area contributed by atoms with E-state index in [1.807, 2.05) is 58.0 Å². The van der Waals surface area contributed by atoms with Gasteiger partial charge in [0.2, 0.25) is 0 Å². The summed E-state index contributed by atoms with van der Waals surface area (Å²) in [6.07, 6.45) is 9.89. The Morgan fingerprint density at radius 3 is 1.10 bits per heavy atom. The van der Waals surface area contributed by atoms with Crippen LogP contribution in [0.4, 0.5) is 0 Å². The lowest BCUT2D eigenvalue weighted by Gasteiger charge is -2.09. The van der Waals surface area contributed by atoms with E-state index >= 15 is 0 Å². The van der Waals surface area contributed by atoms with Gasteiger partial charge in [0, 0.05) is 68.9 Å². The molecule has 0 aliphatic carbocycles. The summed E-state index contributed by atoms with van der Waals surface area (Å²) >= 11 is 24.8. The number of rotatable bonds is 25. The van der Waals surface area contributed by atoms with E-state index in [1.54, 1.807) is 0 Å². The molecular weight excluding hydrogens is 658 g/mol. The highest BCUT2D eigenvalue weighted by Gasteiger charge is 2.05. The zero-order valence-electron chi connectivity index (χ0n) is 23.9. The van der Waals surface area contributed by atoms with E-state index in [1.165, 1.54) is 51.4 Å². The van der Waals surface area contributed by atoms with Crippen LogP contribution < -0.4 is 21.3 Å². The van der Waals surface area contributed by atoms with Gasteiger partial charge in [-0.2, -0.15) is 0 Å². The van der Waals surface area contributed by atoms with Gasteiger partial charge in [-0.3, -0.25) is 0 Å². The molecule has 0 spiro atoms. The van der Waals surface area contributed by atoms with Crippen LogP contribution in [0.3, 0.4) is 0 Å². The molecule has 2 aromatic carbocycles. The fourth-order valence-electron chi connectivity index (χ4n) is 4.13. The average molecular weight is 705 g/mol. The second kappa shape index (κ2) is 26.8. The molecule has 0 bridgehead atoms. The highest BCUT2D eigenvalue weighted by atomic mass is 35.5. The normalized spacial score (nSPS) is 11.1. The Balaban J connectivity index is 0.00000840. The third kappa shape index (κ3) is 19.4. The van der Waals surface area contributed by atoms with Crippen LogP contribution in [-0.4, -0.2) is 50.8 Å². The minimum absolute atomic E-state index is 0. The van der Waals surface area contributed by atoms with Gasteiger partial charge in [0.15, 0.2) is 0 Å². The van der Waals surface area contributed by atoms with Crippen LogP contribution in [-0.2, 0) is 13.1 Å². The molecule has 2 rings (SSSR count). The van der Waals surface area contributed by atoms with Crippen molar-refractivity contribution in [2.45, 2.75) is 64.5 Å². The summed E-state index contributed by atoms with van der Waals surface area (Å²) in [7, 11) is 3.95. The average Bonchev–Trinajstić information content (AvgIpc) is 2.93. The van der Waals surface area contributed by atoms with Crippen molar-refractivity contribution in [3.8, 4) is 0 Å².